The molecule has 1 amide bonds. The van der Waals surface area contributed by atoms with Crippen LogP contribution in [0.3, 0.4) is 0 Å². The average molecular weight is 251 g/mol. The fourth-order valence-corrected chi connectivity index (χ4v) is 2.52. The summed E-state index contributed by atoms with van der Waals surface area (Å²) in [6.45, 7) is 2.16. The molecule has 1 heterocycles. The Morgan fingerprint density at radius 1 is 1.56 bits per heavy atom. The summed E-state index contributed by atoms with van der Waals surface area (Å²) in [7, 11) is 0. The summed E-state index contributed by atoms with van der Waals surface area (Å²) < 4.78 is 0. The van der Waals surface area contributed by atoms with Crippen LogP contribution in [0.2, 0.25) is 0 Å². The van der Waals surface area contributed by atoms with Crippen LogP contribution in [0.1, 0.15) is 48.8 Å². The summed E-state index contributed by atoms with van der Waals surface area (Å²) in [6.07, 6.45) is 5.02. The topological polar surface area (TPSA) is 78.0 Å². The molecule has 0 saturated heterocycles. The molecule has 100 valence electrons. The molecule has 0 spiro atoms. The van der Waals surface area contributed by atoms with Crippen molar-refractivity contribution in [3.8, 4) is 0 Å². The van der Waals surface area contributed by atoms with E-state index in [2.05, 4.69) is 15.5 Å². The Kier molecular flexibility index (Phi) is 4.36. The molecule has 1 aliphatic rings. The molecular formula is C13H21N3O2. The van der Waals surface area contributed by atoms with Crippen LogP contribution in [-0.2, 0) is 6.42 Å². The average Bonchev–Trinajstić information content (AvgIpc) is 2.88. The quantitative estimate of drug-likeness (QED) is 0.753. The van der Waals surface area contributed by atoms with Crippen LogP contribution >= 0.6 is 0 Å². The fourth-order valence-electron chi connectivity index (χ4n) is 2.52. The van der Waals surface area contributed by atoms with Crippen LogP contribution in [0.5, 0.6) is 0 Å². The lowest BCUT2D eigenvalue weighted by atomic mass is 9.85. The van der Waals surface area contributed by atoms with Gasteiger partial charge in [-0.2, -0.15) is 5.10 Å². The van der Waals surface area contributed by atoms with Gasteiger partial charge in [0.25, 0.3) is 5.91 Å². The Hall–Kier alpha value is -1.36. The zero-order valence-electron chi connectivity index (χ0n) is 10.8. The van der Waals surface area contributed by atoms with Crippen LogP contribution in [0.25, 0.3) is 0 Å². The van der Waals surface area contributed by atoms with E-state index in [1.54, 1.807) is 6.07 Å². The minimum atomic E-state index is -0.142. The van der Waals surface area contributed by atoms with Crippen LogP contribution in [0.4, 0.5) is 0 Å². The number of carbonyl (C=O) groups excluding carboxylic acids is 1. The Labute approximate surface area is 107 Å². The molecule has 0 aromatic carbocycles. The molecule has 5 heteroatoms. The van der Waals surface area contributed by atoms with Gasteiger partial charge in [-0.1, -0.05) is 19.8 Å². The summed E-state index contributed by atoms with van der Waals surface area (Å²) in [5.74, 6) is 0.0450. The predicted octanol–water partition coefficient (Wildman–Crippen LogP) is 1.25. The van der Waals surface area contributed by atoms with E-state index in [9.17, 15) is 9.90 Å². The van der Waals surface area contributed by atoms with Gasteiger partial charge in [-0.15, -0.1) is 0 Å². The molecule has 2 unspecified atom stereocenters. The number of aryl methyl sites for hydroxylation is 1. The number of aromatic nitrogens is 2. The second kappa shape index (κ2) is 6.00. The number of amides is 1. The second-order valence-electron chi connectivity index (χ2n) is 4.94. The molecule has 18 heavy (non-hydrogen) atoms. The van der Waals surface area contributed by atoms with Gasteiger partial charge in [0.15, 0.2) is 0 Å². The van der Waals surface area contributed by atoms with E-state index in [1.807, 2.05) is 6.92 Å². The van der Waals surface area contributed by atoms with Crippen molar-refractivity contribution in [2.45, 2.75) is 45.1 Å². The summed E-state index contributed by atoms with van der Waals surface area (Å²) >= 11 is 0. The van der Waals surface area contributed by atoms with Gasteiger partial charge in [0.1, 0.15) is 5.69 Å². The lowest BCUT2D eigenvalue weighted by molar-refractivity contribution is 0.0867. The Balaban J connectivity index is 1.97. The van der Waals surface area contributed by atoms with Gasteiger partial charge in [0.05, 0.1) is 0 Å². The van der Waals surface area contributed by atoms with E-state index >= 15 is 0 Å². The van der Waals surface area contributed by atoms with E-state index in [4.69, 9.17) is 0 Å². The number of hydrogen-bond donors (Lipinski definition) is 3. The highest BCUT2D eigenvalue weighted by molar-refractivity contribution is 5.92. The lowest BCUT2D eigenvalue weighted by Crippen LogP contribution is -2.43. The third kappa shape index (κ3) is 2.90. The highest BCUT2D eigenvalue weighted by Crippen LogP contribution is 2.24. The smallest absolute Gasteiger partial charge is 0.272 e. The number of nitrogens with one attached hydrogen (secondary N) is 2. The SMILES string of the molecule is CCc1cc(C(=O)NC2CCCCC2CO)n[nH]1. The van der Waals surface area contributed by atoms with E-state index in [0.717, 1.165) is 37.8 Å². The van der Waals surface area contributed by atoms with Crippen LogP contribution in [0.15, 0.2) is 6.07 Å². The van der Waals surface area contributed by atoms with Crippen molar-refractivity contribution in [3.63, 3.8) is 0 Å². The molecule has 1 aromatic rings. The Morgan fingerprint density at radius 2 is 2.33 bits per heavy atom. The Morgan fingerprint density at radius 3 is 3.00 bits per heavy atom. The van der Waals surface area contributed by atoms with E-state index in [0.29, 0.717) is 5.69 Å². The zero-order chi connectivity index (χ0) is 13.0. The molecule has 1 fully saturated rings. The fraction of sp³-hybridized carbons (Fsp3) is 0.692. The molecule has 5 nitrogen and oxygen atoms in total. The molecular weight excluding hydrogens is 230 g/mol. The summed E-state index contributed by atoms with van der Waals surface area (Å²) in [5, 5.41) is 19.1. The number of hydrogen-bond acceptors (Lipinski definition) is 3. The number of carbonyl (C=O) groups is 1. The third-order valence-electron chi connectivity index (χ3n) is 3.70. The zero-order valence-corrected chi connectivity index (χ0v) is 10.8. The van der Waals surface area contributed by atoms with E-state index < -0.39 is 0 Å². The minimum absolute atomic E-state index is 0.0815. The van der Waals surface area contributed by atoms with Gasteiger partial charge in [-0.3, -0.25) is 9.89 Å². The number of H-pyrrole nitrogens is 1. The molecule has 2 rings (SSSR count). The Bertz CT molecular complexity index is 403. The number of nitrogens with zero attached hydrogens (tertiary/aromatic N) is 1. The van der Waals surface area contributed by atoms with Gasteiger partial charge in [0, 0.05) is 24.3 Å². The first kappa shape index (κ1) is 13.1. The van der Waals surface area contributed by atoms with Gasteiger partial charge < -0.3 is 10.4 Å². The van der Waals surface area contributed by atoms with Crippen molar-refractivity contribution < 1.29 is 9.90 Å². The molecule has 1 aromatic heterocycles. The molecule has 1 saturated carbocycles. The minimum Gasteiger partial charge on any atom is -0.396 e. The second-order valence-corrected chi connectivity index (χ2v) is 4.94. The maximum atomic E-state index is 12.0. The molecule has 2 atom stereocenters. The van der Waals surface area contributed by atoms with Crippen LogP contribution in [-0.4, -0.2) is 33.9 Å². The summed E-state index contributed by atoms with van der Waals surface area (Å²) in [6, 6.07) is 1.87. The van der Waals surface area contributed by atoms with Crippen molar-refractivity contribution in [2.75, 3.05) is 6.61 Å². The molecule has 0 bridgehead atoms. The van der Waals surface area contributed by atoms with Crippen molar-refractivity contribution in [3.05, 3.63) is 17.5 Å². The maximum absolute atomic E-state index is 12.0. The van der Waals surface area contributed by atoms with Crippen molar-refractivity contribution >= 4 is 5.91 Å². The van der Waals surface area contributed by atoms with Crippen LogP contribution in [0, 0.1) is 5.92 Å². The predicted molar refractivity (Wildman–Crippen MR) is 68.3 cm³/mol. The maximum Gasteiger partial charge on any atom is 0.272 e. The van der Waals surface area contributed by atoms with Crippen molar-refractivity contribution in [2.24, 2.45) is 5.92 Å². The number of aliphatic hydroxyl groups excluding tert-OH is 1. The van der Waals surface area contributed by atoms with Gasteiger partial charge in [-0.05, 0) is 25.3 Å². The first-order valence-electron chi connectivity index (χ1n) is 6.70. The number of aromatic amines is 1. The van der Waals surface area contributed by atoms with Gasteiger partial charge in [0.2, 0.25) is 0 Å². The summed E-state index contributed by atoms with van der Waals surface area (Å²) in [5.41, 5.74) is 1.40. The number of aliphatic hydroxyl groups is 1. The highest BCUT2D eigenvalue weighted by Gasteiger charge is 2.26. The van der Waals surface area contributed by atoms with Crippen LogP contribution < -0.4 is 5.32 Å². The monoisotopic (exact) mass is 251 g/mol. The molecule has 3 N–H and O–H groups in total. The normalized spacial score (nSPS) is 23.9. The van der Waals surface area contributed by atoms with E-state index in [1.165, 1.54) is 0 Å². The highest BCUT2D eigenvalue weighted by atomic mass is 16.3. The largest absolute Gasteiger partial charge is 0.396 e. The van der Waals surface area contributed by atoms with E-state index in [-0.39, 0.29) is 24.5 Å². The lowest BCUT2D eigenvalue weighted by Gasteiger charge is -2.30. The summed E-state index contributed by atoms with van der Waals surface area (Å²) in [4.78, 5) is 12.0. The van der Waals surface area contributed by atoms with Gasteiger partial charge >= 0.3 is 0 Å². The third-order valence-corrected chi connectivity index (χ3v) is 3.70. The first-order valence-corrected chi connectivity index (χ1v) is 6.70. The van der Waals surface area contributed by atoms with Gasteiger partial charge in [-0.25, -0.2) is 0 Å². The standard InChI is InChI=1S/C13H21N3O2/c1-2-10-7-12(16-15-10)13(18)14-11-6-4-3-5-9(11)8-17/h7,9,11,17H,2-6,8H2,1H3,(H,14,18)(H,15,16). The molecule has 1 aliphatic carbocycles. The van der Waals surface area contributed by atoms with Crippen molar-refractivity contribution in [1.29, 1.82) is 0 Å². The molecule has 0 radical (unpaired) electrons. The van der Waals surface area contributed by atoms with Crippen molar-refractivity contribution in [1.82, 2.24) is 15.5 Å². The molecule has 0 aliphatic heterocycles. The number of rotatable bonds is 4. The first-order chi connectivity index (χ1) is 8.74.